The Morgan fingerprint density at radius 3 is 1.87 bits per heavy atom. The minimum Gasteiger partial charge on any atom is -0.456 e. The summed E-state index contributed by atoms with van der Waals surface area (Å²) in [6.45, 7) is 0. The van der Waals surface area contributed by atoms with Gasteiger partial charge in [0.15, 0.2) is 0 Å². The van der Waals surface area contributed by atoms with Gasteiger partial charge in [0.2, 0.25) is 0 Å². The lowest BCUT2D eigenvalue weighted by Crippen LogP contribution is -1.83. The van der Waals surface area contributed by atoms with Gasteiger partial charge in [0.1, 0.15) is 22.3 Å². The summed E-state index contributed by atoms with van der Waals surface area (Å²) in [5.74, 6) is 0. The summed E-state index contributed by atoms with van der Waals surface area (Å²) in [6, 6.07) is 51.4. The number of benzene rings is 7. The van der Waals surface area contributed by atoms with Crippen LogP contribution in [-0.2, 0) is 0 Å². The monoisotopic (exact) mass is 575 g/mol. The zero-order valence-corrected chi connectivity index (χ0v) is 24.2. The molecule has 0 fully saturated rings. The Hall–Kier alpha value is -6.06. The molecule has 3 nitrogen and oxygen atoms in total. The predicted molar refractivity (Wildman–Crippen MR) is 187 cm³/mol. The van der Waals surface area contributed by atoms with E-state index in [0.29, 0.717) is 0 Å². The standard InChI is InChI=1S/C42H25NO2/c1-3-16-38-31(10-1)33-20-18-26(24-40(33)44-38)25-8-5-9-27(22-25)29-12-6-14-34-36-23-28(19-21-37(36)43-41(29)34)30-13-7-15-35-32-11-2-4-17-39(32)45-42(30)35/h1-24,43H. The van der Waals surface area contributed by atoms with E-state index in [1.807, 2.05) is 24.3 Å². The first-order valence-corrected chi connectivity index (χ1v) is 15.3. The Morgan fingerprint density at radius 2 is 0.978 bits per heavy atom. The number of rotatable bonds is 3. The number of H-pyrrole nitrogens is 1. The fourth-order valence-corrected chi connectivity index (χ4v) is 7.08. The highest BCUT2D eigenvalue weighted by Crippen LogP contribution is 2.40. The molecule has 0 bridgehead atoms. The molecule has 0 amide bonds. The van der Waals surface area contributed by atoms with E-state index < -0.39 is 0 Å². The Bertz CT molecular complexity index is 2770. The van der Waals surface area contributed by atoms with Crippen molar-refractivity contribution in [1.82, 2.24) is 4.98 Å². The molecular weight excluding hydrogens is 550 g/mol. The second-order valence-corrected chi connectivity index (χ2v) is 11.8. The largest absolute Gasteiger partial charge is 0.456 e. The number of furan rings is 2. The van der Waals surface area contributed by atoms with Crippen molar-refractivity contribution in [2.45, 2.75) is 0 Å². The summed E-state index contributed by atoms with van der Waals surface area (Å²) in [7, 11) is 0. The molecule has 0 aliphatic carbocycles. The first-order chi connectivity index (χ1) is 22.3. The maximum absolute atomic E-state index is 6.37. The van der Waals surface area contributed by atoms with Gasteiger partial charge in [-0.3, -0.25) is 0 Å². The summed E-state index contributed by atoms with van der Waals surface area (Å²) in [5, 5.41) is 6.98. The average Bonchev–Trinajstić information content (AvgIpc) is 3.78. The van der Waals surface area contributed by atoms with E-state index >= 15 is 0 Å². The van der Waals surface area contributed by atoms with E-state index in [4.69, 9.17) is 8.83 Å². The lowest BCUT2D eigenvalue weighted by Gasteiger charge is -2.08. The lowest BCUT2D eigenvalue weighted by molar-refractivity contribution is 0.669. The van der Waals surface area contributed by atoms with Crippen LogP contribution in [0, 0.1) is 0 Å². The molecule has 10 rings (SSSR count). The second kappa shape index (κ2) is 9.22. The van der Waals surface area contributed by atoms with Gasteiger partial charge >= 0.3 is 0 Å². The molecule has 10 aromatic rings. The van der Waals surface area contributed by atoms with Gasteiger partial charge in [-0.15, -0.1) is 0 Å². The molecule has 0 aliphatic heterocycles. The fourth-order valence-electron chi connectivity index (χ4n) is 7.08. The summed E-state index contributed by atoms with van der Waals surface area (Å²) in [4.78, 5) is 3.74. The van der Waals surface area contributed by atoms with Crippen LogP contribution in [0.4, 0.5) is 0 Å². The number of para-hydroxylation sites is 4. The van der Waals surface area contributed by atoms with Gasteiger partial charge in [-0.2, -0.15) is 0 Å². The Morgan fingerprint density at radius 1 is 0.356 bits per heavy atom. The fraction of sp³-hybridized carbons (Fsp3) is 0. The lowest BCUT2D eigenvalue weighted by atomic mass is 9.96. The average molecular weight is 576 g/mol. The summed E-state index contributed by atoms with van der Waals surface area (Å²) in [5.41, 5.74) is 12.8. The molecule has 0 saturated carbocycles. The SMILES string of the molecule is c1cc(-c2ccc3c(c2)oc2ccccc23)cc(-c2cccc3c2[nH]c2ccc(-c4cccc5c4oc4ccccc45)cc23)c1. The van der Waals surface area contributed by atoms with Crippen LogP contribution in [0.25, 0.3) is 99.1 Å². The van der Waals surface area contributed by atoms with Crippen molar-refractivity contribution in [3.63, 3.8) is 0 Å². The molecule has 0 aliphatic rings. The van der Waals surface area contributed by atoms with Crippen LogP contribution in [0.1, 0.15) is 0 Å². The third-order valence-corrected chi connectivity index (χ3v) is 9.23. The van der Waals surface area contributed by atoms with E-state index in [0.717, 1.165) is 77.2 Å². The van der Waals surface area contributed by atoms with Gasteiger partial charge in [0, 0.05) is 49.0 Å². The third-order valence-electron chi connectivity index (χ3n) is 9.23. The van der Waals surface area contributed by atoms with Crippen molar-refractivity contribution < 1.29 is 8.83 Å². The van der Waals surface area contributed by atoms with Crippen LogP contribution in [0.15, 0.2) is 154 Å². The van der Waals surface area contributed by atoms with Gasteiger partial charge in [-0.1, -0.05) is 103 Å². The van der Waals surface area contributed by atoms with Crippen LogP contribution in [0.3, 0.4) is 0 Å². The topological polar surface area (TPSA) is 42.1 Å². The molecule has 7 aromatic carbocycles. The van der Waals surface area contributed by atoms with E-state index in [-0.39, 0.29) is 0 Å². The molecule has 3 aromatic heterocycles. The molecule has 0 radical (unpaired) electrons. The molecule has 0 unspecified atom stereocenters. The number of hydrogen-bond acceptors (Lipinski definition) is 2. The minimum absolute atomic E-state index is 0.908. The Balaban J connectivity index is 1.09. The normalized spacial score (nSPS) is 12.0. The Kier molecular flexibility index (Phi) is 5.00. The molecule has 3 heteroatoms. The Labute approximate surface area is 257 Å². The van der Waals surface area contributed by atoms with Gasteiger partial charge in [-0.25, -0.2) is 0 Å². The predicted octanol–water partition coefficient (Wildman–Crippen LogP) is 12.1. The van der Waals surface area contributed by atoms with Crippen LogP contribution >= 0.6 is 0 Å². The molecule has 0 saturated heterocycles. The highest BCUT2D eigenvalue weighted by atomic mass is 16.3. The molecule has 0 spiro atoms. The van der Waals surface area contributed by atoms with Gasteiger partial charge in [0.25, 0.3) is 0 Å². The summed E-state index contributed by atoms with van der Waals surface area (Å²) >= 11 is 0. The van der Waals surface area contributed by atoms with E-state index in [1.54, 1.807) is 0 Å². The maximum atomic E-state index is 6.37. The zero-order chi connectivity index (χ0) is 29.5. The van der Waals surface area contributed by atoms with Crippen LogP contribution in [0.2, 0.25) is 0 Å². The van der Waals surface area contributed by atoms with Crippen molar-refractivity contribution in [3.05, 3.63) is 146 Å². The molecule has 210 valence electrons. The number of nitrogens with one attached hydrogen (secondary N) is 1. The van der Waals surface area contributed by atoms with E-state index in [9.17, 15) is 0 Å². The third kappa shape index (κ3) is 3.65. The van der Waals surface area contributed by atoms with Crippen molar-refractivity contribution in [1.29, 1.82) is 0 Å². The zero-order valence-electron chi connectivity index (χ0n) is 24.2. The van der Waals surface area contributed by atoms with Crippen LogP contribution in [-0.4, -0.2) is 4.98 Å². The molecule has 3 heterocycles. The van der Waals surface area contributed by atoms with Gasteiger partial charge in [0.05, 0.1) is 5.52 Å². The number of aromatic amines is 1. The summed E-state index contributed by atoms with van der Waals surface area (Å²) in [6.07, 6.45) is 0. The van der Waals surface area contributed by atoms with E-state index in [2.05, 4.69) is 126 Å². The first kappa shape index (κ1) is 24.4. The quantitative estimate of drug-likeness (QED) is 0.228. The van der Waals surface area contributed by atoms with Gasteiger partial charge < -0.3 is 13.8 Å². The molecule has 45 heavy (non-hydrogen) atoms. The van der Waals surface area contributed by atoms with E-state index in [1.165, 1.54) is 21.9 Å². The van der Waals surface area contributed by atoms with Crippen LogP contribution < -0.4 is 0 Å². The molecule has 0 atom stereocenters. The van der Waals surface area contributed by atoms with Crippen molar-refractivity contribution in [3.8, 4) is 33.4 Å². The molecule has 1 N–H and O–H groups in total. The maximum Gasteiger partial charge on any atom is 0.143 e. The number of hydrogen-bond donors (Lipinski definition) is 1. The smallest absolute Gasteiger partial charge is 0.143 e. The van der Waals surface area contributed by atoms with Crippen molar-refractivity contribution >= 4 is 65.7 Å². The highest BCUT2D eigenvalue weighted by Gasteiger charge is 2.15. The van der Waals surface area contributed by atoms with Crippen LogP contribution in [0.5, 0.6) is 0 Å². The highest BCUT2D eigenvalue weighted by molar-refractivity contribution is 6.14. The molecular formula is C42H25NO2. The van der Waals surface area contributed by atoms with Gasteiger partial charge in [-0.05, 0) is 64.7 Å². The number of fused-ring (bicyclic) bond motifs is 9. The minimum atomic E-state index is 0.908. The van der Waals surface area contributed by atoms with Crippen molar-refractivity contribution in [2.75, 3.05) is 0 Å². The first-order valence-electron chi connectivity index (χ1n) is 15.3. The number of aromatic nitrogens is 1. The summed E-state index contributed by atoms with van der Waals surface area (Å²) < 4.78 is 12.6. The van der Waals surface area contributed by atoms with Crippen molar-refractivity contribution in [2.24, 2.45) is 0 Å². The second-order valence-electron chi connectivity index (χ2n) is 11.8.